The minimum absolute atomic E-state index is 0.702. The topological polar surface area (TPSA) is 32.3 Å². The fourth-order valence-corrected chi connectivity index (χ4v) is 2.76. The molecular formula is C13H16N2O. The quantitative estimate of drug-likeness (QED) is 0.766. The highest BCUT2D eigenvalue weighted by Crippen LogP contribution is 2.22. The van der Waals surface area contributed by atoms with E-state index in [2.05, 4.69) is 16.3 Å². The van der Waals surface area contributed by atoms with Crippen molar-refractivity contribution >= 4 is 6.29 Å². The van der Waals surface area contributed by atoms with Crippen LogP contribution in [0.2, 0.25) is 0 Å². The second kappa shape index (κ2) is 4.00. The second-order valence-corrected chi connectivity index (χ2v) is 4.85. The standard InChI is InChI=1S/C13H16N2O/c16-9-11-3-1-2-10(4-11)6-15-7-12-5-13(8-15)14-12/h1-4,9,12-14H,5-8H2. The van der Waals surface area contributed by atoms with Crippen molar-refractivity contribution in [3.63, 3.8) is 0 Å². The number of hydrogen-bond donors (Lipinski definition) is 1. The van der Waals surface area contributed by atoms with E-state index < -0.39 is 0 Å². The van der Waals surface area contributed by atoms with Gasteiger partial charge in [-0.05, 0) is 18.1 Å². The van der Waals surface area contributed by atoms with E-state index in [0.717, 1.165) is 31.5 Å². The summed E-state index contributed by atoms with van der Waals surface area (Å²) in [4.78, 5) is 13.2. The average molecular weight is 216 g/mol. The number of rotatable bonds is 3. The van der Waals surface area contributed by atoms with Gasteiger partial charge in [0.2, 0.25) is 0 Å². The molecule has 3 saturated heterocycles. The monoisotopic (exact) mass is 216 g/mol. The summed E-state index contributed by atoms with van der Waals surface area (Å²) in [5.41, 5.74) is 2.02. The SMILES string of the molecule is O=Cc1cccc(CN2CC3CC(C2)N3)c1. The first kappa shape index (κ1) is 10.00. The van der Waals surface area contributed by atoms with Gasteiger partial charge in [0.1, 0.15) is 6.29 Å². The van der Waals surface area contributed by atoms with Crippen LogP contribution in [0, 0.1) is 0 Å². The van der Waals surface area contributed by atoms with Crippen LogP contribution in [0.5, 0.6) is 0 Å². The Hall–Kier alpha value is -1.19. The van der Waals surface area contributed by atoms with Crippen molar-refractivity contribution in [3.05, 3.63) is 35.4 Å². The largest absolute Gasteiger partial charge is 0.309 e. The van der Waals surface area contributed by atoms with Gasteiger partial charge in [-0.1, -0.05) is 18.2 Å². The van der Waals surface area contributed by atoms with Gasteiger partial charge in [-0.3, -0.25) is 9.69 Å². The van der Waals surface area contributed by atoms with Gasteiger partial charge in [-0.25, -0.2) is 0 Å². The lowest BCUT2D eigenvalue weighted by Gasteiger charge is -2.48. The van der Waals surface area contributed by atoms with Gasteiger partial charge < -0.3 is 5.32 Å². The number of carbonyl (C=O) groups excluding carboxylic acids is 1. The minimum Gasteiger partial charge on any atom is -0.309 e. The molecule has 2 unspecified atom stereocenters. The molecule has 3 fully saturated rings. The molecule has 16 heavy (non-hydrogen) atoms. The summed E-state index contributed by atoms with van der Waals surface area (Å²) in [5, 5.41) is 3.52. The third-order valence-electron chi connectivity index (χ3n) is 3.49. The molecule has 0 amide bonds. The Morgan fingerprint density at radius 1 is 1.38 bits per heavy atom. The fraction of sp³-hybridized carbons (Fsp3) is 0.462. The van der Waals surface area contributed by atoms with Gasteiger partial charge in [0.05, 0.1) is 0 Å². The predicted molar refractivity (Wildman–Crippen MR) is 62.4 cm³/mol. The molecule has 3 heterocycles. The predicted octanol–water partition coefficient (Wildman–Crippen LogP) is 1.05. The number of nitrogens with one attached hydrogen (secondary N) is 1. The lowest BCUT2D eigenvalue weighted by atomic mass is 9.91. The number of fused-ring (bicyclic) bond motifs is 2. The zero-order valence-corrected chi connectivity index (χ0v) is 9.23. The number of carbonyl (C=O) groups is 1. The smallest absolute Gasteiger partial charge is 0.150 e. The Balaban J connectivity index is 1.66. The molecule has 2 bridgehead atoms. The zero-order chi connectivity index (χ0) is 11.0. The van der Waals surface area contributed by atoms with Crippen molar-refractivity contribution in [2.24, 2.45) is 0 Å². The molecule has 4 rings (SSSR count). The Labute approximate surface area is 95.4 Å². The lowest BCUT2D eigenvalue weighted by Crippen LogP contribution is -2.66. The highest BCUT2D eigenvalue weighted by atomic mass is 16.1. The van der Waals surface area contributed by atoms with Crippen molar-refractivity contribution in [2.75, 3.05) is 13.1 Å². The minimum atomic E-state index is 0.702. The van der Waals surface area contributed by atoms with Crippen LogP contribution in [0.3, 0.4) is 0 Å². The van der Waals surface area contributed by atoms with E-state index in [4.69, 9.17) is 0 Å². The fourth-order valence-electron chi connectivity index (χ4n) is 2.76. The number of piperazine rings is 1. The number of nitrogens with zero attached hydrogens (tertiary/aromatic N) is 1. The van der Waals surface area contributed by atoms with Crippen molar-refractivity contribution < 1.29 is 4.79 Å². The maximum atomic E-state index is 10.7. The summed E-state index contributed by atoms with van der Waals surface area (Å²) < 4.78 is 0. The van der Waals surface area contributed by atoms with Crippen LogP contribution in [-0.2, 0) is 6.54 Å². The van der Waals surface area contributed by atoms with Gasteiger partial charge in [0.25, 0.3) is 0 Å². The van der Waals surface area contributed by atoms with Crippen molar-refractivity contribution in [1.29, 1.82) is 0 Å². The summed E-state index contributed by atoms with van der Waals surface area (Å²) in [5.74, 6) is 0. The van der Waals surface area contributed by atoms with Crippen LogP contribution in [0.4, 0.5) is 0 Å². The first-order valence-electron chi connectivity index (χ1n) is 5.86. The number of aldehydes is 1. The second-order valence-electron chi connectivity index (χ2n) is 4.85. The van der Waals surface area contributed by atoms with Gasteiger partial charge in [0.15, 0.2) is 0 Å². The molecule has 0 spiro atoms. The third kappa shape index (κ3) is 1.88. The highest BCUT2D eigenvalue weighted by Gasteiger charge is 2.35. The van der Waals surface area contributed by atoms with E-state index in [9.17, 15) is 4.79 Å². The first-order valence-corrected chi connectivity index (χ1v) is 5.86. The van der Waals surface area contributed by atoms with Gasteiger partial charge >= 0.3 is 0 Å². The van der Waals surface area contributed by atoms with Crippen molar-refractivity contribution in [3.8, 4) is 0 Å². The first-order chi connectivity index (χ1) is 7.83. The van der Waals surface area contributed by atoms with E-state index in [1.165, 1.54) is 12.0 Å². The van der Waals surface area contributed by atoms with E-state index in [-0.39, 0.29) is 0 Å². The van der Waals surface area contributed by atoms with Crippen LogP contribution in [-0.4, -0.2) is 36.4 Å². The number of benzene rings is 1. The van der Waals surface area contributed by atoms with E-state index in [0.29, 0.717) is 12.1 Å². The molecule has 1 aromatic rings. The summed E-state index contributed by atoms with van der Waals surface area (Å²) in [6.07, 6.45) is 2.25. The van der Waals surface area contributed by atoms with Gasteiger partial charge in [0, 0.05) is 37.3 Å². The molecular weight excluding hydrogens is 200 g/mol. The number of hydrogen-bond acceptors (Lipinski definition) is 3. The van der Waals surface area contributed by atoms with Crippen LogP contribution in [0.25, 0.3) is 0 Å². The summed E-state index contributed by atoms with van der Waals surface area (Å²) >= 11 is 0. The molecule has 0 saturated carbocycles. The Morgan fingerprint density at radius 3 is 2.81 bits per heavy atom. The zero-order valence-electron chi connectivity index (χ0n) is 9.23. The molecule has 84 valence electrons. The average Bonchev–Trinajstić information content (AvgIpc) is 2.28. The molecule has 3 nitrogen and oxygen atoms in total. The van der Waals surface area contributed by atoms with Gasteiger partial charge in [-0.15, -0.1) is 0 Å². The lowest BCUT2D eigenvalue weighted by molar-refractivity contribution is 0.0726. The molecule has 3 aliphatic heterocycles. The summed E-state index contributed by atoms with van der Waals surface area (Å²) in [6.45, 7) is 3.25. The number of piperidine rings is 1. The highest BCUT2D eigenvalue weighted by molar-refractivity contribution is 5.74. The van der Waals surface area contributed by atoms with Crippen molar-refractivity contribution in [1.82, 2.24) is 10.2 Å². The summed E-state index contributed by atoms with van der Waals surface area (Å²) in [7, 11) is 0. The molecule has 2 atom stereocenters. The maximum Gasteiger partial charge on any atom is 0.150 e. The molecule has 0 aromatic heterocycles. The van der Waals surface area contributed by atoms with E-state index in [1.807, 2.05) is 18.2 Å². The van der Waals surface area contributed by atoms with Gasteiger partial charge in [-0.2, -0.15) is 0 Å². The maximum absolute atomic E-state index is 10.7. The van der Waals surface area contributed by atoms with E-state index >= 15 is 0 Å². The molecule has 3 heteroatoms. The Kier molecular flexibility index (Phi) is 2.50. The molecule has 0 aliphatic carbocycles. The molecule has 1 aromatic carbocycles. The van der Waals surface area contributed by atoms with E-state index in [1.54, 1.807) is 0 Å². The third-order valence-corrected chi connectivity index (χ3v) is 3.49. The van der Waals surface area contributed by atoms with Crippen LogP contribution in [0.15, 0.2) is 24.3 Å². The van der Waals surface area contributed by atoms with Crippen LogP contribution >= 0.6 is 0 Å². The summed E-state index contributed by atoms with van der Waals surface area (Å²) in [6, 6.07) is 9.30. The van der Waals surface area contributed by atoms with Crippen LogP contribution in [0.1, 0.15) is 22.3 Å². The Bertz CT molecular complexity index is 389. The molecule has 3 aliphatic rings. The van der Waals surface area contributed by atoms with Crippen LogP contribution < -0.4 is 5.32 Å². The molecule has 1 N–H and O–H groups in total. The van der Waals surface area contributed by atoms with Crippen molar-refractivity contribution in [2.45, 2.75) is 25.0 Å². The normalized spacial score (nSPS) is 28.5. The molecule has 0 radical (unpaired) electrons. The Morgan fingerprint density at radius 2 is 2.12 bits per heavy atom.